The largest absolute Gasteiger partial charge is 0.309 e. The van der Waals surface area contributed by atoms with E-state index in [4.69, 9.17) is 9.97 Å². The lowest BCUT2D eigenvalue weighted by Crippen LogP contribution is -1.96. The zero-order valence-electron chi connectivity index (χ0n) is 34.7. The zero-order chi connectivity index (χ0) is 42.1. The number of fused-ring (bicyclic) bond motifs is 8. The van der Waals surface area contributed by atoms with Crippen LogP contribution in [-0.4, -0.2) is 19.1 Å². The third-order valence-electron chi connectivity index (χ3n) is 12.9. The van der Waals surface area contributed by atoms with Gasteiger partial charge in [-0.3, -0.25) is 0 Å². The number of aromatic nitrogens is 4. The fourth-order valence-corrected chi connectivity index (χ4v) is 9.92. The van der Waals surface area contributed by atoms with Crippen molar-refractivity contribution in [3.05, 3.63) is 231 Å². The van der Waals surface area contributed by atoms with Gasteiger partial charge >= 0.3 is 0 Å². The van der Waals surface area contributed by atoms with Gasteiger partial charge in [0.15, 0.2) is 0 Å². The number of benzene rings is 9. The van der Waals surface area contributed by atoms with Gasteiger partial charge in [-0.25, -0.2) is 9.97 Å². The Morgan fingerprint density at radius 1 is 0.250 bits per heavy atom. The molecule has 4 aromatic heterocycles. The second-order valence-electron chi connectivity index (χ2n) is 16.6. The summed E-state index contributed by atoms with van der Waals surface area (Å²) in [5.74, 6) is 0. The molecule has 0 radical (unpaired) electrons. The SMILES string of the molecule is c1ccc(-c2cc(-c3ccc(-n4c5ccccc5c5ccccc54)cc3)nc3cc4nc(-c5ccc(-n6c7ccccc7c7ccccc76)cc5)cc(-c5ccccc5)c4cc23)cc1. The molecule has 4 nitrogen and oxygen atoms in total. The Hall–Kier alpha value is -8.60. The Labute approximate surface area is 369 Å². The maximum Gasteiger partial charge on any atom is 0.0737 e. The highest BCUT2D eigenvalue weighted by Crippen LogP contribution is 2.40. The minimum absolute atomic E-state index is 0.903. The number of hydrogen-bond donors (Lipinski definition) is 0. The Balaban J connectivity index is 0.968. The van der Waals surface area contributed by atoms with Gasteiger partial charge < -0.3 is 9.13 Å². The maximum atomic E-state index is 5.42. The molecule has 0 aliphatic heterocycles. The van der Waals surface area contributed by atoms with Gasteiger partial charge in [-0.15, -0.1) is 0 Å². The molecule has 0 atom stereocenters. The van der Waals surface area contributed by atoms with Crippen LogP contribution < -0.4 is 0 Å². The summed E-state index contributed by atoms with van der Waals surface area (Å²) in [7, 11) is 0. The van der Waals surface area contributed by atoms with Crippen LogP contribution in [0.2, 0.25) is 0 Å². The minimum atomic E-state index is 0.903. The van der Waals surface area contributed by atoms with Gasteiger partial charge in [0.2, 0.25) is 0 Å². The minimum Gasteiger partial charge on any atom is -0.309 e. The van der Waals surface area contributed by atoms with Crippen LogP contribution in [-0.2, 0) is 0 Å². The van der Waals surface area contributed by atoms with Crippen LogP contribution in [0.4, 0.5) is 0 Å². The molecule has 0 unspecified atom stereocenters. The van der Waals surface area contributed by atoms with Crippen LogP contribution in [0.5, 0.6) is 0 Å². The van der Waals surface area contributed by atoms with Crippen molar-refractivity contribution in [2.24, 2.45) is 0 Å². The van der Waals surface area contributed by atoms with Crippen LogP contribution in [0.1, 0.15) is 0 Å². The second kappa shape index (κ2) is 14.5. The van der Waals surface area contributed by atoms with Crippen LogP contribution in [0, 0.1) is 0 Å². The maximum absolute atomic E-state index is 5.42. The predicted octanol–water partition coefficient (Wildman–Crippen LogP) is 15.6. The van der Waals surface area contributed by atoms with E-state index in [1.165, 1.54) is 43.6 Å². The number of rotatable bonds is 6. The first-order valence-corrected chi connectivity index (χ1v) is 21.8. The molecule has 13 rings (SSSR count). The lowest BCUT2D eigenvalue weighted by Gasteiger charge is -2.15. The van der Waals surface area contributed by atoms with E-state index in [-0.39, 0.29) is 0 Å². The average molecular weight is 815 g/mol. The van der Waals surface area contributed by atoms with Crippen molar-refractivity contribution in [3.8, 4) is 56.1 Å². The van der Waals surface area contributed by atoms with E-state index < -0.39 is 0 Å². The molecular formula is C60H38N4. The van der Waals surface area contributed by atoms with E-state index in [2.05, 4.69) is 240 Å². The highest BCUT2D eigenvalue weighted by atomic mass is 15.0. The number of para-hydroxylation sites is 4. The molecular weight excluding hydrogens is 777 g/mol. The fourth-order valence-electron chi connectivity index (χ4n) is 9.92. The highest BCUT2D eigenvalue weighted by molar-refractivity contribution is 6.11. The molecule has 0 aliphatic rings. The molecule has 298 valence electrons. The molecule has 0 amide bonds. The molecule has 4 heteroatoms. The number of hydrogen-bond acceptors (Lipinski definition) is 2. The Morgan fingerprint density at radius 3 is 0.938 bits per heavy atom. The van der Waals surface area contributed by atoms with Crippen molar-refractivity contribution >= 4 is 65.4 Å². The van der Waals surface area contributed by atoms with Gasteiger partial charge in [0.05, 0.1) is 44.5 Å². The molecule has 0 bridgehead atoms. The van der Waals surface area contributed by atoms with E-state index in [0.717, 1.165) is 77.9 Å². The number of pyridine rings is 2. The highest BCUT2D eigenvalue weighted by Gasteiger charge is 2.18. The summed E-state index contributed by atoms with van der Waals surface area (Å²) in [5, 5.41) is 7.19. The van der Waals surface area contributed by atoms with Crippen LogP contribution in [0.3, 0.4) is 0 Å². The topological polar surface area (TPSA) is 35.6 Å². The van der Waals surface area contributed by atoms with Crippen molar-refractivity contribution in [1.29, 1.82) is 0 Å². The summed E-state index contributed by atoms with van der Waals surface area (Å²) in [6, 6.07) is 82.6. The summed E-state index contributed by atoms with van der Waals surface area (Å²) in [6.07, 6.45) is 0. The van der Waals surface area contributed by atoms with Gasteiger partial charge in [0.1, 0.15) is 0 Å². The summed E-state index contributed by atoms with van der Waals surface area (Å²) in [6.45, 7) is 0. The quantitative estimate of drug-likeness (QED) is 0.157. The molecule has 0 saturated heterocycles. The summed E-state index contributed by atoms with van der Waals surface area (Å²) in [5.41, 5.74) is 17.3. The van der Waals surface area contributed by atoms with Crippen molar-refractivity contribution < 1.29 is 0 Å². The molecule has 0 aliphatic carbocycles. The normalized spacial score (nSPS) is 11.8. The summed E-state index contributed by atoms with van der Waals surface area (Å²) >= 11 is 0. The first-order chi connectivity index (χ1) is 31.7. The van der Waals surface area contributed by atoms with Gasteiger partial charge in [-0.1, -0.05) is 158 Å². The molecule has 0 spiro atoms. The van der Waals surface area contributed by atoms with Gasteiger partial charge in [0.25, 0.3) is 0 Å². The molecule has 13 aromatic rings. The zero-order valence-corrected chi connectivity index (χ0v) is 34.7. The van der Waals surface area contributed by atoms with E-state index in [1.54, 1.807) is 0 Å². The molecule has 0 fully saturated rings. The number of nitrogens with zero attached hydrogens (tertiary/aromatic N) is 4. The van der Waals surface area contributed by atoms with Crippen molar-refractivity contribution in [3.63, 3.8) is 0 Å². The van der Waals surface area contributed by atoms with Gasteiger partial charge in [-0.05, 0) is 95.1 Å². The van der Waals surface area contributed by atoms with Crippen molar-refractivity contribution in [2.45, 2.75) is 0 Å². The standard InChI is InChI=1S/C60H38N4/c1-3-15-39(16-4-1)49-36-53(41-27-31-43(32-28-41)63-57-23-11-7-19-45(57)46-20-8-12-24-58(46)63)61-55-38-56-52(35-51(49)55)50(40-17-5-2-6-18-40)37-54(62-56)42-29-33-44(34-30-42)64-59-25-13-9-21-47(59)48-22-10-14-26-60(48)64/h1-38H. The van der Waals surface area contributed by atoms with E-state index in [1.807, 2.05) is 0 Å². The van der Waals surface area contributed by atoms with Crippen LogP contribution >= 0.6 is 0 Å². The van der Waals surface area contributed by atoms with Crippen LogP contribution in [0.25, 0.3) is 122 Å². The van der Waals surface area contributed by atoms with Crippen molar-refractivity contribution in [2.75, 3.05) is 0 Å². The molecule has 9 aromatic carbocycles. The molecule has 4 heterocycles. The monoisotopic (exact) mass is 814 g/mol. The second-order valence-corrected chi connectivity index (χ2v) is 16.6. The van der Waals surface area contributed by atoms with Gasteiger partial charge in [0, 0.05) is 54.8 Å². The predicted molar refractivity (Wildman–Crippen MR) is 267 cm³/mol. The third-order valence-corrected chi connectivity index (χ3v) is 12.9. The van der Waals surface area contributed by atoms with Crippen molar-refractivity contribution in [1.82, 2.24) is 19.1 Å². The van der Waals surface area contributed by atoms with E-state index in [0.29, 0.717) is 0 Å². The summed E-state index contributed by atoms with van der Waals surface area (Å²) < 4.78 is 4.71. The molecule has 0 N–H and O–H groups in total. The lowest BCUT2D eigenvalue weighted by atomic mass is 9.93. The molecule has 0 saturated carbocycles. The Bertz CT molecular complexity index is 3560. The first kappa shape index (κ1) is 36.1. The fraction of sp³-hybridized carbons (Fsp3) is 0. The van der Waals surface area contributed by atoms with Crippen LogP contribution in [0.15, 0.2) is 231 Å². The molecule has 64 heavy (non-hydrogen) atoms. The Kier molecular flexibility index (Phi) is 8.18. The first-order valence-electron chi connectivity index (χ1n) is 21.8. The summed E-state index contributed by atoms with van der Waals surface area (Å²) in [4.78, 5) is 10.8. The third kappa shape index (κ3) is 5.77. The smallest absolute Gasteiger partial charge is 0.0737 e. The van der Waals surface area contributed by atoms with E-state index >= 15 is 0 Å². The Morgan fingerprint density at radius 2 is 0.578 bits per heavy atom. The van der Waals surface area contributed by atoms with Gasteiger partial charge in [-0.2, -0.15) is 0 Å². The van der Waals surface area contributed by atoms with E-state index in [9.17, 15) is 0 Å². The lowest BCUT2D eigenvalue weighted by molar-refractivity contribution is 1.18. The average Bonchev–Trinajstić information content (AvgIpc) is 3.89.